The van der Waals surface area contributed by atoms with Gasteiger partial charge in [-0.3, -0.25) is 4.57 Å². The van der Waals surface area contributed by atoms with Crippen LogP contribution >= 0.6 is 0 Å². The first-order valence-electron chi connectivity index (χ1n) is 14.4. The van der Waals surface area contributed by atoms with Gasteiger partial charge in [0.1, 0.15) is 17.5 Å². The van der Waals surface area contributed by atoms with Gasteiger partial charge < -0.3 is 14.8 Å². The molecule has 3 heterocycles. The summed E-state index contributed by atoms with van der Waals surface area (Å²) in [5.41, 5.74) is 5.16. The molecule has 9 rings (SSSR count). The number of hydrogen-bond donors (Lipinski definition) is 1. The molecular formula is C38H25N3O2. The summed E-state index contributed by atoms with van der Waals surface area (Å²) in [5.74, 6) is 3.62. The van der Waals surface area contributed by atoms with Crippen LogP contribution in [-0.4, -0.2) is 10.4 Å². The number of ether oxygens (including phenoxy) is 2. The number of hydrogen-bond acceptors (Lipinski definition) is 4. The highest BCUT2D eigenvalue weighted by atomic mass is 16.6. The lowest BCUT2D eigenvalue weighted by atomic mass is 10.1. The molecule has 0 saturated carbocycles. The number of nitrogens with one attached hydrogen (secondary N) is 1. The normalized spacial score (nSPS) is 15.6. The Morgan fingerprint density at radius 2 is 1.26 bits per heavy atom. The van der Waals surface area contributed by atoms with Gasteiger partial charge in [0.05, 0.1) is 5.52 Å². The largest absolute Gasteiger partial charge is 0.449 e. The second-order valence-electron chi connectivity index (χ2n) is 10.8. The molecular weight excluding hydrogens is 530 g/mol. The SMILES string of the molecule is C1=C(c2ccccc2)NC(c2ccccc2)N=C1n1c2ccccc2c2ccc3c(c21)Oc1ccc2ccccc2c1O3. The third-order valence-corrected chi connectivity index (χ3v) is 8.28. The van der Waals surface area contributed by atoms with Gasteiger partial charge in [-0.05, 0) is 40.8 Å². The zero-order valence-corrected chi connectivity index (χ0v) is 23.1. The molecule has 1 unspecified atom stereocenters. The van der Waals surface area contributed by atoms with Gasteiger partial charge in [0.25, 0.3) is 0 Å². The lowest BCUT2D eigenvalue weighted by Crippen LogP contribution is -2.27. The Kier molecular flexibility index (Phi) is 5.19. The van der Waals surface area contributed by atoms with Crippen LogP contribution in [0.2, 0.25) is 0 Å². The number of nitrogens with zero attached hydrogens (tertiary/aromatic N) is 2. The molecule has 5 nitrogen and oxygen atoms in total. The van der Waals surface area contributed by atoms with Crippen molar-refractivity contribution in [1.29, 1.82) is 0 Å². The van der Waals surface area contributed by atoms with Crippen molar-refractivity contribution in [3.63, 3.8) is 0 Å². The van der Waals surface area contributed by atoms with Gasteiger partial charge in [-0.2, -0.15) is 0 Å². The van der Waals surface area contributed by atoms with E-state index in [1.165, 1.54) is 0 Å². The zero-order valence-electron chi connectivity index (χ0n) is 23.1. The van der Waals surface area contributed by atoms with E-state index in [4.69, 9.17) is 14.5 Å². The standard InChI is InChI=1S/C38H25N3O2/c1-3-12-25(13-4-1)30-23-34(40-38(39-30)26-14-5-2-6-15-26)41-31-18-10-9-17-28(31)29-20-22-33-37(35(29)41)43-32-21-19-24-11-7-8-16-27(24)36(32)42-33/h1-23,38-39H. The van der Waals surface area contributed by atoms with Crippen LogP contribution in [0.5, 0.6) is 23.0 Å². The average molecular weight is 556 g/mol. The fraction of sp³-hybridized carbons (Fsp3) is 0.0263. The second-order valence-corrected chi connectivity index (χ2v) is 10.8. The molecule has 43 heavy (non-hydrogen) atoms. The van der Waals surface area contributed by atoms with Crippen molar-refractivity contribution in [2.45, 2.75) is 6.17 Å². The number of allylic oxidation sites excluding steroid dienone is 1. The van der Waals surface area contributed by atoms with E-state index in [-0.39, 0.29) is 6.17 Å². The van der Waals surface area contributed by atoms with E-state index in [0.717, 1.165) is 61.0 Å². The van der Waals surface area contributed by atoms with Crippen molar-refractivity contribution in [3.8, 4) is 23.0 Å². The molecule has 0 fully saturated rings. The Labute approximate surface area is 247 Å². The second kappa shape index (κ2) is 9.36. The number of para-hydroxylation sites is 1. The minimum Gasteiger partial charge on any atom is -0.449 e. The van der Waals surface area contributed by atoms with Gasteiger partial charge >= 0.3 is 0 Å². The Hall–Kier alpha value is -5.81. The first-order chi connectivity index (χ1) is 21.3. The Morgan fingerprint density at radius 1 is 0.581 bits per heavy atom. The van der Waals surface area contributed by atoms with Crippen LogP contribution in [0.3, 0.4) is 0 Å². The summed E-state index contributed by atoms with van der Waals surface area (Å²) in [6, 6.07) is 45.6. The van der Waals surface area contributed by atoms with E-state index in [9.17, 15) is 0 Å². The Morgan fingerprint density at radius 3 is 2.12 bits per heavy atom. The van der Waals surface area contributed by atoms with E-state index in [0.29, 0.717) is 17.2 Å². The Bertz CT molecular complexity index is 2270. The van der Waals surface area contributed by atoms with Crippen molar-refractivity contribution in [1.82, 2.24) is 9.88 Å². The van der Waals surface area contributed by atoms with E-state index in [2.05, 4.69) is 113 Å². The molecule has 0 bridgehead atoms. The van der Waals surface area contributed by atoms with Gasteiger partial charge in [0.15, 0.2) is 23.0 Å². The van der Waals surface area contributed by atoms with Crippen LogP contribution in [0.1, 0.15) is 17.3 Å². The summed E-state index contributed by atoms with van der Waals surface area (Å²) >= 11 is 0. The van der Waals surface area contributed by atoms with Crippen LogP contribution < -0.4 is 14.8 Å². The monoisotopic (exact) mass is 555 g/mol. The molecule has 1 N–H and O–H groups in total. The van der Waals surface area contributed by atoms with Crippen LogP contribution in [0.4, 0.5) is 0 Å². The highest BCUT2D eigenvalue weighted by Gasteiger charge is 2.29. The molecule has 1 aromatic heterocycles. The molecule has 0 radical (unpaired) electrons. The highest BCUT2D eigenvalue weighted by molar-refractivity contribution is 6.19. The molecule has 6 aromatic carbocycles. The molecule has 5 heteroatoms. The van der Waals surface area contributed by atoms with Gasteiger partial charge in [0.2, 0.25) is 0 Å². The zero-order chi connectivity index (χ0) is 28.3. The number of aliphatic imine (C=N–C) groups is 1. The predicted octanol–water partition coefficient (Wildman–Crippen LogP) is 9.44. The van der Waals surface area contributed by atoms with E-state index in [1.807, 2.05) is 36.4 Å². The molecule has 1 atom stereocenters. The molecule has 0 amide bonds. The first kappa shape index (κ1) is 23.9. The molecule has 2 aliphatic rings. The van der Waals surface area contributed by atoms with Crippen molar-refractivity contribution in [3.05, 3.63) is 151 Å². The van der Waals surface area contributed by atoms with Gasteiger partial charge in [-0.25, -0.2) is 4.99 Å². The van der Waals surface area contributed by atoms with Crippen molar-refractivity contribution in [2.75, 3.05) is 0 Å². The molecule has 0 aliphatic carbocycles. The van der Waals surface area contributed by atoms with Crippen molar-refractivity contribution in [2.24, 2.45) is 4.99 Å². The average Bonchev–Trinajstić information content (AvgIpc) is 3.43. The number of aromatic nitrogens is 1. The minimum atomic E-state index is -0.267. The summed E-state index contributed by atoms with van der Waals surface area (Å²) < 4.78 is 15.6. The number of rotatable bonds is 2. The van der Waals surface area contributed by atoms with Gasteiger partial charge in [-0.15, -0.1) is 0 Å². The summed E-state index contributed by atoms with van der Waals surface area (Å²) in [5, 5.41) is 8.01. The first-order valence-corrected chi connectivity index (χ1v) is 14.4. The topological polar surface area (TPSA) is 47.8 Å². The van der Waals surface area contributed by atoms with Crippen LogP contribution in [0.15, 0.2) is 145 Å². The molecule has 0 saturated heterocycles. The summed E-state index contributed by atoms with van der Waals surface area (Å²) in [4.78, 5) is 5.30. The van der Waals surface area contributed by atoms with Gasteiger partial charge in [0, 0.05) is 27.9 Å². The van der Waals surface area contributed by atoms with E-state index in [1.54, 1.807) is 0 Å². The third kappa shape index (κ3) is 3.75. The molecule has 204 valence electrons. The highest BCUT2D eigenvalue weighted by Crippen LogP contribution is 2.52. The fourth-order valence-corrected chi connectivity index (χ4v) is 6.27. The van der Waals surface area contributed by atoms with Crippen molar-refractivity contribution < 1.29 is 9.47 Å². The lowest BCUT2D eigenvalue weighted by Gasteiger charge is -2.26. The van der Waals surface area contributed by atoms with Crippen LogP contribution in [-0.2, 0) is 0 Å². The van der Waals surface area contributed by atoms with Crippen LogP contribution in [0, 0.1) is 0 Å². The van der Waals surface area contributed by atoms with Crippen molar-refractivity contribution >= 4 is 44.1 Å². The van der Waals surface area contributed by atoms with Gasteiger partial charge in [-0.1, -0.05) is 109 Å². The quantitative estimate of drug-likeness (QED) is 0.231. The minimum absolute atomic E-state index is 0.267. The summed E-state index contributed by atoms with van der Waals surface area (Å²) in [6.45, 7) is 0. The maximum absolute atomic E-state index is 6.75. The Balaban J connectivity index is 1.30. The lowest BCUT2D eigenvalue weighted by molar-refractivity contribution is 0.366. The summed E-state index contributed by atoms with van der Waals surface area (Å²) in [6.07, 6.45) is 1.86. The fourth-order valence-electron chi connectivity index (χ4n) is 6.27. The third-order valence-electron chi connectivity index (χ3n) is 8.28. The smallest absolute Gasteiger partial charge is 0.194 e. The number of fused-ring (bicyclic) bond motifs is 8. The summed E-state index contributed by atoms with van der Waals surface area (Å²) in [7, 11) is 0. The van der Waals surface area contributed by atoms with E-state index < -0.39 is 0 Å². The predicted molar refractivity (Wildman–Crippen MR) is 173 cm³/mol. The maximum atomic E-state index is 6.75. The molecule has 2 aliphatic heterocycles. The number of benzene rings is 6. The molecule has 7 aromatic rings. The van der Waals surface area contributed by atoms with Crippen LogP contribution in [0.25, 0.3) is 38.3 Å². The molecule has 0 spiro atoms. The van der Waals surface area contributed by atoms with E-state index >= 15 is 0 Å². The maximum Gasteiger partial charge on any atom is 0.194 e.